The summed E-state index contributed by atoms with van der Waals surface area (Å²) >= 11 is 0. The van der Waals surface area contributed by atoms with E-state index in [1.807, 2.05) is 42.5 Å². The highest BCUT2D eigenvalue weighted by atomic mass is 16.1. The van der Waals surface area contributed by atoms with Crippen LogP contribution in [0.1, 0.15) is 54.1 Å². The number of hydrogen-bond acceptors (Lipinski definition) is 3. The van der Waals surface area contributed by atoms with Crippen molar-refractivity contribution in [3.8, 4) is 11.1 Å². The highest BCUT2D eigenvalue weighted by Gasteiger charge is 2.48. The summed E-state index contributed by atoms with van der Waals surface area (Å²) in [7, 11) is 0. The second-order valence-corrected chi connectivity index (χ2v) is 10.1. The van der Waals surface area contributed by atoms with Crippen LogP contribution in [0.4, 0.5) is 5.69 Å². The fourth-order valence-electron chi connectivity index (χ4n) is 6.60. The Balaban J connectivity index is 1.50. The first-order chi connectivity index (χ1) is 18.7. The van der Waals surface area contributed by atoms with Crippen molar-refractivity contribution in [2.45, 2.75) is 5.41 Å². The van der Waals surface area contributed by atoms with E-state index in [0.717, 1.165) is 16.8 Å². The fraction of sp³-hybridized carbons (Fsp3) is 0.0286. The molecule has 0 unspecified atom stereocenters. The van der Waals surface area contributed by atoms with Crippen molar-refractivity contribution in [3.63, 3.8) is 0 Å². The lowest BCUT2D eigenvalue weighted by Crippen LogP contribution is -2.33. The highest BCUT2D eigenvalue weighted by Crippen LogP contribution is 2.58. The summed E-state index contributed by atoms with van der Waals surface area (Å²) < 4.78 is 0. The van der Waals surface area contributed by atoms with Crippen LogP contribution in [0.3, 0.4) is 0 Å². The lowest BCUT2D eigenvalue weighted by molar-refractivity contribution is 0.0979. The molecule has 0 aromatic heterocycles. The quantitative estimate of drug-likeness (QED) is 0.266. The van der Waals surface area contributed by atoms with Gasteiger partial charge in [0.2, 0.25) is 0 Å². The van der Waals surface area contributed by atoms with Gasteiger partial charge in [0.1, 0.15) is 0 Å². The van der Waals surface area contributed by atoms with Crippen molar-refractivity contribution >= 4 is 23.0 Å². The highest BCUT2D eigenvalue weighted by molar-refractivity contribution is 6.30. The average molecular weight is 488 g/mol. The minimum absolute atomic E-state index is 0.114. The number of hydrogen-bond donors (Lipinski definition) is 1. The molecule has 3 heteroatoms. The zero-order valence-corrected chi connectivity index (χ0v) is 20.4. The van der Waals surface area contributed by atoms with Gasteiger partial charge in [0, 0.05) is 22.4 Å². The second kappa shape index (κ2) is 7.50. The molecule has 1 heterocycles. The third-order valence-corrected chi connectivity index (χ3v) is 8.22. The molecule has 0 atom stereocenters. The van der Waals surface area contributed by atoms with Gasteiger partial charge in [0.25, 0.3) is 0 Å². The molecule has 1 N–H and O–H groups in total. The van der Waals surface area contributed by atoms with Crippen molar-refractivity contribution in [2.75, 3.05) is 5.32 Å². The molecule has 3 aliphatic rings. The summed E-state index contributed by atoms with van der Waals surface area (Å²) in [4.78, 5) is 27.7. The summed E-state index contributed by atoms with van der Waals surface area (Å²) in [5.74, 6) is -0.236. The molecular weight excluding hydrogens is 466 g/mol. The summed E-state index contributed by atoms with van der Waals surface area (Å²) in [5, 5.41) is 3.62. The van der Waals surface area contributed by atoms with Gasteiger partial charge < -0.3 is 5.32 Å². The van der Waals surface area contributed by atoms with Crippen LogP contribution in [0, 0.1) is 0 Å². The molecular formula is C35H21NO2. The van der Waals surface area contributed by atoms with E-state index < -0.39 is 5.41 Å². The van der Waals surface area contributed by atoms with E-state index in [9.17, 15) is 9.59 Å². The molecule has 3 nitrogen and oxygen atoms in total. The van der Waals surface area contributed by atoms with Crippen LogP contribution >= 0.6 is 0 Å². The smallest absolute Gasteiger partial charge is 0.196 e. The van der Waals surface area contributed by atoms with E-state index in [0.29, 0.717) is 27.9 Å². The van der Waals surface area contributed by atoms with E-state index in [2.05, 4.69) is 72.1 Å². The monoisotopic (exact) mass is 487 g/mol. The maximum Gasteiger partial charge on any atom is 0.196 e. The lowest BCUT2D eigenvalue weighted by atomic mass is 9.67. The molecule has 0 radical (unpaired) electrons. The van der Waals surface area contributed by atoms with Crippen molar-refractivity contribution in [1.82, 2.24) is 0 Å². The molecule has 5 aromatic rings. The number of ketones is 2. The van der Waals surface area contributed by atoms with E-state index >= 15 is 0 Å². The van der Waals surface area contributed by atoms with E-state index in [1.54, 1.807) is 12.1 Å². The Bertz CT molecular complexity index is 1830. The zero-order chi connectivity index (χ0) is 25.4. The van der Waals surface area contributed by atoms with Crippen LogP contribution in [-0.4, -0.2) is 11.6 Å². The molecule has 0 bridgehead atoms. The minimum atomic E-state index is -0.617. The molecule has 5 aromatic carbocycles. The van der Waals surface area contributed by atoms with Gasteiger partial charge in [-0.3, -0.25) is 9.59 Å². The zero-order valence-electron chi connectivity index (χ0n) is 20.4. The Labute approximate surface area is 220 Å². The first kappa shape index (κ1) is 21.1. The minimum Gasteiger partial charge on any atom is -0.354 e. The molecule has 1 aliphatic heterocycles. The predicted octanol–water partition coefficient (Wildman–Crippen LogP) is 7.24. The van der Waals surface area contributed by atoms with Crippen LogP contribution in [0.2, 0.25) is 0 Å². The Hall–Kier alpha value is -5.02. The van der Waals surface area contributed by atoms with Crippen molar-refractivity contribution in [3.05, 3.63) is 166 Å². The van der Waals surface area contributed by atoms with Gasteiger partial charge in [-0.15, -0.1) is 0 Å². The number of benzene rings is 5. The Morgan fingerprint density at radius 2 is 1.03 bits per heavy atom. The molecule has 0 saturated heterocycles. The Morgan fingerprint density at radius 3 is 1.68 bits per heavy atom. The molecule has 0 amide bonds. The molecule has 38 heavy (non-hydrogen) atoms. The maximum absolute atomic E-state index is 14.1. The van der Waals surface area contributed by atoms with E-state index in [4.69, 9.17) is 0 Å². The van der Waals surface area contributed by atoms with E-state index in [-0.39, 0.29) is 11.6 Å². The van der Waals surface area contributed by atoms with Gasteiger partial charge in [0.05, 0.1) is 16.7 Å². The van der Waals surface area contributed by atoms with Crippen LogP contribution in [-0.2, 0) is 5.41 Å². The van der Waals surface area contributed by atoms with E-state index in [1.165, 1.54) is 22.3 Å². The number of rotatable bonds is 1. The third kappa shape index (κ3) is 2.58. The summed E-state index contributed by atoms with van der Waals surface area (Å²) in [6.07, 6.45) is 2.30. The van der Waals surface area contributed by atoms with Crippen molar-refractivity contribution in [2.24, 2.45) is 0 Å². The number of allylic oxidation sites excluding steroid dienone is 1. The molecule has 1 spiro atoms. The van der Waals surface area contributed by atoms with Gasteiger partial charge in [0.15, 0.2) is 11.6 Å². The second-order valence-electron chi connectivity index (χ2n) is 10.1. The topological polar surface area (TPSA) is 46.2 Å². The summed E-state index contributed by atoms with van der Waals surface area (Å²) in [5.41, 5.74) is 9.55. The molecule has 0 fully saturated rings. The SMILES string of the molecule is O=C1c2ccccc2C(=O)c2c1ccc1c2NC(c2ccccc2)=CC12c1ccccc1-c1ccccc12. The Morgan fingerprint density at radius 1 is 0.474 bits per heavy atom. The standard InChI is InChI=1S/C35H21NO2/c37-33-24-14-4-5-15-25(24)34(38)31-26(33)18-19-29-32(31)36-30(21-10-2-1-3-11-21)20-35(29)27-16-8-6-12-22(27)23-13-7-9-17-28(23)35/h1-20,36H. The van der Waals surface area contributed by atoms with Gasteiger partial charge in [-0.25, -0.2) is 0 Å². The van der Waals surface area contributed by atoms with Gasteiger partial charge in [-0.2, -0.15) is 0 Å². The number of carbonyl (C=O) groups excluding carboxylic acids is 2. The molecule has 2 aliphatic carbocycles. The first-order valence-electron chi connectivity index (χ1n) is 12.8. The fourth-order valence-corrected chi connectivity index (χ4v) is 6.60. The number of carbonyl (C=O) groups is 2. The number of fused-ring (bicyclic) bond motifs is 10. The summed E-state index contributed by atoms with van der Waals surface area (Å²) in [6.45, 7) is 0. The van der Waals surface area contributed by atoms with Crippen LogP contribution in [0.15, 0.2) is 121 Å². The van der Waals surface area contributed by atoms with Crippen molar-refractivity contribution in [1.29, 1.82) is 0 Å². The average Bonchev–Trinajstić information content (AvgIpc) is 3.26. The van der Waals surface area contributed by atoms with Gasteiger partial charge >= 0.3 is 0 Å². The summed E-state index contributed by atoms with van der Waals surface area (Å²) in [6, 6.07) is 38.2. The molecule has 0 saturated carbocycles. The van der Waals surface area contributed by atoms with Crippen LogP contribution in [0.5, 0.6) is 0 Å². The van der Waals surface area contributed by atoms with Gasteiger partial charge in [-0.05, 0) is 45.5 Å². The van der Waals surface area contributed by atoms with Crippen LogP contribution in [0.25, 0.3) is 16.8 Å². The third-order valence-electron chi connectivity index (χ3n) is 8.22. The first-order valence-corrected chi connectivity index (χ1v) is 12.8. The predicted molar refractivity (Wildman–Crippen MR) is 150 cm³/mol. The maximum atomic E-state index is 14.1. The van der Waals surface area contributed by atoms with Crippen LogP contribution < -0.4 is 5.32 Å². The van der Waals surface area contributed by atoms with Gasteiger partial charge in [-0.1, -0.05) is 109 Å². The largest absolute Gasteiger partial charge is 0.354 e. The van der Waals surface area contributed by atoms with Crippen molar-refractivity contribution < 1.29 is 9.59 Å². The Kier molecular flexibility index (Phi) is 4.16. The lowest BCUT2D eigenvalue weighted by Gasteiger charge is -2.38. The molecule has 178 valence electrons. The normalized spacial score (nSPS) is 15.5. The number of anilines is 1. The number of nitrogens with one attached hydrogen (secondary N) is 1. The molecule has 8 rings (SSSR count).